The summed E-state index contributed by atoms with van der Waals surface area (Å²) in [7, 11) is -10.2. The van der Waals surface area contributed by atoms with Gasteiger partial charge in [-0.1, -0.05) is 37.6 Å². The van der Waals surface area contributed by atoms with Gasteiger partial charge >= 0.3 is 10.2 Å². The third-order valence-corrected chi connectivity index (χ3v) is 3.79. The molecule has 0 aromatic heterocycles. The zero-order valence-electron chi connectivity index (χ0n) is 11.5. The number of rotatable bonds is 6. The van der Waals surface area contributed by atoms with Crippen LogP contribution < -0.4 is 4.74 Å². The Morgan fingerprint density at radius 3 is 2.24 bits per heavy atom. The fourth-order valence-corrected chi connectivity index (χ4v) is 2.78. The highest BCUT2D eigenvalue weighted by molar-refractivity contribution is 8.45. The molecule has 0 aliphatic heterocycles. The molecule has 0 saturated heterocycles. The van der Waals surface area contributed by atoms with Gasteiger partial charge in [-0.25, -0.2) is 4.39 Å². The molecule has 0 aliphatic carbocycles. The van der Waals surface area contributed by atoms with Gasteiger partial charge in [-0.05, 0) is 38.3 Å². The summed E-state index contributed by atoms with van der Waals surface area (Å²) in [4.78, 5) is -2.56. The van der Waals surface area contributed by atoms with Crippen molar-refractivity contribution >= 4 is 10.2 Å². The average molecular weight is 334 g/mol. The van der Waals surface area contributed by atoms with Crippen LogP contribution in [-0.2, 0) is 6.42 Å². The number of aryl methyl sites for hydroxylation is 1. The van der Waals surface area contributed by atoms with Crippen LogP contribution in [0.3, 0.4) is 0 Å². The van der Waals surface area contributed by atoms with E-state index in [0.29, 0.717) is 0 Å². The Morgan fingerprint density at radius 1 is 1.14 bits per heavy atom. The SMILES string of the molecule is C/C=C/CCc1ccc(OCC)c(S(F)(F)(F)(F)F)c1F. The monoisotopic (exact) mass is 334 g/mol. The van der Waals surface area contributed by atoms with E-state index >= 15 is 0 Å². The Morgan fingerprint density at radius 2 is 1.76 bits per heavy atom. The minimum Gasteiger partial charge on any atom is -0.492 e. The maximum absolute atomic E-state index is 14.0. The minimum absolute atomic E-state index is 0.108. The zero-order valence-corrected chi connectivity index (χ0v) is 12.3. The van der Waals surface area contributed by atoms with Crippen molar-refractivity contribution < 1.29 is 28.6 Å². The maximum atomic E-state index is 14.0. The standard InChI is InChI=1S/C13H16F6OS/c1-3-5-6-7-10-8-9-11(20-4-2)13(12(10)14)21(15,16,17,18)19/h3,5,8-9H,4,6-7H2,1-2H3/b5-3+. The molecular weight excluding hydrogens is 318 g/mol. The molecule has 1 aromatic carbocycles. The number of hydrogen-bond acceptors (Lipinski definition) is 1. The van der Waals surface area contributed by atoms with Crippen molar-refractivity contribution in [3.05, 3.63) is 35.7 Å². The minimum atomic E-state index is -10.2. The predicted molar refractivity (Wildman–Crippen MR) is 72.1 cm³/mol. The van der Waals surface area contributed by atoms with Crippen molar-refractivity contribution in [1.29, 1.82) is 0 Å². The molecule has 0 bridgehead atoms. The van der Waals surface area contributed by atoms with Crippen LogP contribution in [0.4, 0.5) is 23.8 Å². The summed E-state index contributed by atoms with van der Waals surface area (Å²) in [6.45, 7) is 2.74. The van der Waals surface area contributed by atoms with E-state index in [2.05, 4.69) is 4.74 Å². The number of halogens is 6. The van der Waals surface area contributed by atoms with Gasteiger partial charge in [-0.15, -0.1) is 0 Å². The van der Waals surface area contributed by atoms with Crippen LogP contribution in [-0.4, -0.2) is 6.61 Å². The van der Waals surface area contributed by atoms with Crippen molar-refractivity contribution in [1.82, 2.24) is 0 Å². The lowest BCUT2D eigenvalue weighted by molar-refractivity contribution is 0.303. The maximum Gasteiger partial charge on any atom is 0.316 e. The number of benzene rings is 1. The van der Waals surface area contributed by atoms with Crippen LogP contribution in [0.5, 0.6) is 5.75 Å². The third-order valence-electron chi connectivity index (χ3n) is 2.64. The van der Waals surface area contributed by atoms with Crippen LogP contribution in [0.2, 0.25) is 0 Å². The lowest BCUT2D eigenvalue weighted by Crippen LogP contribution is -2.13. The van der Waals surface area contributed by atoms with Gasteiger partial charge in [0, 0.05) is 0 Å². The van der Waals surface area contributed by atoms with Crippen molar-refractivity contribution in [2.45, 2.75) is 31.6 Å². The molecule has 0 spiro atoms. The van der Waals surface area contributed by atoms with Crippen molar-refractivity contribution in [3.63, 3.8) is 0 Å². The average Bonchev–Trinajstić information content (AvgIpc) is 2.29. The predicted octanol–water partition coefficient (Wildman–Crippen LogP) is 6.39. The smallest absolute Gasteiger partial charge is 0.316 e. The summed E-state index contributed by atoms with van der Waals surface area (Å²) in [6.07, 6.45) is 3.39. The first-order valence-electron chi connectivity index (χ1n) is 6.20. The molecule has 0 aliphatic rings. The third kappa shape index (κ3) is 4.59. The van der Waals surface area contributed by atoms with Crippen molar-refractivity contribution in [2.24, 2.45) is 0 Å². The van der Waals surface area contributed by atoms with Gasteiger partial charge in [-0.2, -0.15) is 0 Å². The number of hydrogen-bond donors (Lipinski definition) is 0. The molecule has 0 atom stereocenters. The normalized spacial score (nSPS) is 15.8. The van der Waals surface area contributed by atoms with E-state index in [1.165, 1.54) is 6.92 Å². The topological polar surface area (TPSA) is 9.23 Å². The zero-order chi connectivity index (χ0) is 16.4. The fourth-order valence-electron chi connectivity index (χ4n) is 1.81. The van der Waals surface area contributed by atoms with E-state index < -0.39 is 32.2 Å². The van der Waals surface area contributed by atoms with Gasteiger partial charge in [0.1, 0.15) is 5.75 Å². The second-order valence-corrected chi connectivity index (χ2v) is 6.72. The Balaban J connectivity index is 3.47. The summed E-state index contributed by atoms with van der Waals surface area (Å²) in [5, 5.41) is 0. The first kappa shape index (κ1) is 17.7. The fraction of sp³-hybridized carbons (Fsp3) is 0.385. The molecule has 122 valence electrons. The van der Waals surface area contributed by atoms with Crippen molar-refractivity contribution in [2.75, 3.05) is 6.61 Å². The molecule has 0 heterocycles. The van der Waals surface area contributed by atoms with Gasteiger partial charge in [0.2, 0.25) is 0 Å². The Bertz CT molecular complexity index is 549. The van der Waals surface area contributed by atoms with Gasteiger partial charge in [-0.3, -0.25) is 0 Å². The van der Waals surface area contributed by atoms with E-state index in [-0.39, 0.29) is 19.4 Å². The van der Waals surface area contributed by atoms with E-state index in [0.717, 1.165) is 12.1 Å². The Kier molecular flexibility index (Phi) is 4.35. The van der Waals surface area contributed by atoms with Crippen LogP contribution in [0.15, 0.2) is 29.2 Å². The number of ether oxygens (including phenoxy) is 1. The van der Waals surface area contributed by atoms with Crippen LogP contribution in [0.25, 0.3) is 0 Å². The lowest BCUT2D eigenvalue weighted by atomic mass is 10.1. The molecule has 0 N–H and O–H groups in total. The van der Waals surface area contributed by atoms with Crippen LogP contribution in [0, 0.1) is 5.82 Å². The molecule has 0 radical (unpaired) electrons. The van der Waals surface area contributed by atoms with Crippen LogP contribution in [0.1, 0.15) is 25.8 Å². The van der Waals surface area contributed by atoms with E-state index in [1.54, 1.807) is 19.1 Å². The summed E-state index contributed by atoms with van der Waals surface area (Å²) in [5.41, 5.74) is -0.417. The van der Waals surface area contributed by atoms with Gasteiger partial charge in [0.05, 0.1) is 6.61 Å². The molecular formula is C13H16F6OS. The number of allylic oxidation sites excluding steroid dienone is 2. The van der Waals surface area contributed by atoms with E-state index in [4.69, 9.17) is 0 Å². The Hall–Kier alpha value is -1.31. The highest BCUT2D eigenvalue weighted by Crippen LogP contribution is 3.03. The van der Waals surface area contributed by atoms with Gasteiger partial charge in [0.25, 0.3) is 0 Å². The van der Waals surface area contributed by atoms with Gasteiger partial charge in [0.15, 0.2) is 10.7 Å². The molecule has 8 heteroatoms. The summed E-state index contributed by atoms with van der Waals surface area (Å²) >= 11 is 0. The molecule has 1 aromatic rings. The molecule has 0 fully saturated rings. The summed E-state index contributed by atoms with van der Waals surface area (Å²) in [6, 6.07) is 1.78. The molecule has 1 nitrogen and oxygen atoms in total. The highest BCUT2D eigenvalue weighted by atomic mass is 32.5. The second kappa shape index (κ2) is 5.15. The molecule has 21 heavy (non-hydrogen) atoms. The second-order valence-electron chi connectivity index (χ2n) is 4.38. The summed E-state index contributed by atoms with van der Waals surface area (Å²) in [5.74, 6) is -3.13. The van der Waals surface area contributed by atoms with E-state index in [1.807, 2.05) is 0 Å². The molecule has 0 unspecified atom stereocenters. The van der Waals surface area contributed by atoms with Gasteiger partial charge < -0.3 is 4.74 Å². The van der Waals surface area contributed by atoms with Crippen molar-refractivity contribution in [3.8, 4) is 5.75 Å². The molecule has 1 rings (SSSR count). The van der Waals surface area contributed by atoms with E-state index in [9.17, 15) is 23.8 Å². The Labute approximate surface area is 119 Å². The molecule has 0 saturated carbocycles. The first-order chi connectivity index (χ1) is 9.40. The summed E-state index contributed by atoms with van der Waals surface area (Å²) < 4.78 is 83.7. The largest absolute Gasteiger partial charge is 0.492 e. The first-order valence-corrected chi connectivity index (χ1v) is 8.15. The van der Waals surface area contributed by atoms with Crippen LogP contribution >= 0.6 is 10.2 Å². The highest BCUT2D eigenvalue weighted by Gasteiger charge is 2.69. The molecule has 0 amide bonds. The lowest BCUT2D eigenvalue weighted by Gasteiger charge is -2.41. The quantitative estimate of drug-likeness (QED) is 0.432.